The summed E-state index contributed by atoms with van der Waals surface area (Å²) in [5.74, 6) is 6.26. The molecule has 3 aromatic heterocycles. The molecule has 4 heterocycles. The molecule has 0 fully saturated rings. The minimum atomic E-state index is -0.568. The van der Waals surface area contributed by atoms with Gasteiger partial charge in [0, 0.05) is 37.2 Å². The zero-order valence-corrected chi connectivity index (χ0v) is 18.8. The average molecular weight is 457 g/mol. The van der Waals surface area contributed by atoms with Crippen LogP contribution in [0.3, 0.4) is 0 Å². The van der Waals surface area contributed by atoms with Crippen molar-refractivity contribution < 1.29 is 4.79 Å². The number of aryl methyl sites for hydroxylation is 2. The fourth-order valence-corrected chi connectivity index (χ4v) is 3.58. The van der Waals surface area contributed by atoms with Gasteiger partial charge in [0.05, 0.1) is 17.1 Å². The van der Waals surface area contributed by atoms with Gasteiger partial charge >= 0.3 is 0 Å². The molecular formula is C24H24N8O2. The van der Waals surface area contributed by atoms with Crippen molar-refractivity contribution in [1.29, 1.82) is 0 Å². The van der Waals surface area contributed by atoms with Crippen molar-refractivity contribution in [3.8, 4) is 11.8 Å². The molecule has 0 radical (unpaired) electrons. The minimum absolute atomic E-state index is 0.0829. The Morgan fingerprint density at radius 3 is 2.82 bits per heavy atom. The Labute approximate surface area is 195 Å². The first-order chi connectivity index (χ1) is 16.4. The first-order valence-electron chi connectivity index (χ1n) is 10.6. The van der Waals surface area contributed by atoms with Gasteiger partial charge in [-0.25, -0.2) is 4.68 Å². The highest BCUT2D eigenvalue weighted by molar-refractivity contribution is 6.02. The van der Waals surface area contributed by atoms with Gasteiger partial charge in [-0.1, -0.05) is 30.9 Å². The molecule has 6 N–H and O–H groups in total. The molecule has 0 saturated heterocycles. The maximum atomic E-state index is 12.3. The van der Waals surface area contributed by atoms with Crippen LogP contribution in [0.1, 0.15) is 34.1 Å². The van der Waals surface area contributed by atoms with Crippen molar-refractivity contribution in [2.24, 2.45) is 12.8 Å². The van der Waals surface area contributed by atoms with E-state index in [4.69, 9.17) is 11.5 Å². The summed E-state index contributed by atoms with van der Waals surface area (Å²) in [6, 6.07) is 7.74. The number of hydrogen-bond donors (Lipinski definition) is 4. The Morgan fingerprint density at radius 1 is 1.29 bits per heavy atom. The second-order valence-corrected chi connectivity index (χ2v) is 7.58. The molecule has 0 bridgehead atoms. The lowest BCUT2D eigenvalue weighted by Crippen LogP contribution is -2.17. The van der Waals surface area contributed by atoms with Gasteiger partial charge in [0.1, 0.15) is 11.4 Å². The number of carbonyl (C=O) groups is 1. The summed E-state index contributed by atoms with van der Waals surface area (Å²) in [7, 11) is 1.85. The number of nitrogen functional groups attached to an aromatic ring is 1. The number of H-pyrrole nitrogens is 1. The topological polar surface area (TPSA) is 150 Å². The zero-order valence-electron chi connectivity index (χ0n) is 18.8. The number of fused-ring (bicyclic) bond motifs is 2. The van der Waals surface area contributed by atoms with Gasteiger partial charge in [0.25, 0.3) is 11.5 Å². The van der Waals surface area contributed by atoms with Crippen molar-refractivity contribution in [2.45, 2.75) is 13.3 Å². The van der Waals surface area contributed by atoms with E-state index in [0.29, 0.717) is 17.7 Å². The van der Waals surface area contributed by atoms with Crippen LogP contribution in [0, 0.1) is 11.8 Å². The predicted molar refractivity (Wildman–Crippen MR) is 132 cm³/mol. The minimum Gasteiger partial charge on any atom is -0.381 e. The van der Waals surface area contributed by atoms with Crippen LogP contribution in [0.2, 0.25) is 0 Å². The molecule has 172 valence electrons. The lowest BCUT2D eigenvalue weighted by molar-refractivity contribution is 0.100. The van der Waals surface area contributed by atoms with Crippen molar-refractivity contribution in [3.05, 3.63) is 75.5 Å². The highest BCUT2D eigenvalue weighted by Crippen LogP contribution is 2.23. The SMILES string of the molecule is CCc1cc2cccc(C#Cc3cnn(C)c3)c2c(=O)[nH]1.NC(=O)c1c(N)nn2c1NCC=C2. The number of anilines is 2. The van der Waals surface area contributed by atoms with Gasteiger partial charge in [-0.3, -0.25) is 14.3 Å². The molecular weight excluding hydrogens is 432 g/mol. The molecule has 1 aliphatic heterocycles. The van der Waals surface area contributed by atoms with E-state index in [1.165, 1.54) is 4.68 Å². The molecule has 5 rings (SSSR count). The number of rotatable bonds is 2. The molecule has 10 nitrogen and oxygen atoms in total. The molecule has 1 aromatic carbocycles. The largest absolute Gasteiger partial charge is 0.381 e. The quantitative estimate of drug-likeness (QED) is 0.337. The number of primary amides is 1. The number of amides is 1. The van der Waals surface area contributed by atoms with Gasteiger partial charge in [0.2, 0.25) is 0 Å². The van der Waals surface area contributed by atoms with Crippen LogP contribution in [0.25, 0.3) is 17.0 Å². The fourth-order valence-electron chi connectivity index (χ4n) is 3.58. The summed E-state index contributed by atoms with van der Waals surface area (Å²) in [4.78, 5) is 26.1. The fraction of sp³-hybridized carbons (Fsp3) is 0.167. The number of pyridine rings is 1. The van der Waals surface area contributed by atoms with E-state index in [1.807, 2.05) is 50.5 Å². The van der Waals surface area contributed by atoms with Gasteiger partial charge in [0.15, 0.2) is 5.82 Å². The van der Waals surface area contributed by atoms with Crippen LogP contribution in [0.5, 0.6) is 0 Å². The molecule has 0 saturated carbocycles. The van der Waals surface area contributed by atoms with Crippen LogP contribution in [0.4, 0.5) is 11.6 Å². The Kier molecular flexibility index (Phi) is 6.18. The van der Waals surface area contributed by atoms with Gasteiger partial charge in [-0.05, 0) is 30.0 Å². The van der Waals surface area contributed by atoms with Crippen LogP contribution in [-0.2, 0) is 13.5 Å². The third-order valence-electron chi connectivity index (χ3n) is 5.17. The second kappa shape index (κ2) is 9.38. The molecule has 10 heteroatoms. The van der Waals surface area contributed by atoms with E-state index in [2.05, 4.69) is 32.3 Å². The smallest absolute Gasteiger partial charge is 0.257 e. The lowest BCUT2D eigenvalue weighted by atomic mass is 10.1. The van der Waals surface area contributed by atoms with Crippen LogP contribution < -0.4 is 22.3 Å². The highest BCUT2D eigenvalue weighted by Gasteiger charge is 2.20. The van der Waals surface area contributed by atoms with E-state index < -0.39 is 5.91 Å². The van der Waals surface area contributed by atoms with Crippen LogP contribution in [-0.4, -0.2) is 37.0 Å². The number of hydrogen-bond acceptors (Lipinski definition) is 6. The number of carbonyl (C=O) groups excluding carboxylic acids is 1. The third kappa shape index (κ3) is 4.54. The first kappa shape index (κ1) is 22.4. The van der Waals surface area contributed by atoms with E-state index in [9.17, 15) is 9.59 Å². The van der Waals surface area contributed by atoms with E-state index in [-0.39, 0.29) is 16.9 Å². The van der Waals surface area contributed by atoms with Crippen LogP contribution >= 0.6 is 0 Å². The summed E-state index contributed by atoms with van der Waals surface area (Å²) in [5, 5.41) is 12.5. The third-order valence-corrected chi connectivity index (χ3v) is 5.17. The van der Waals surface area contributed by atoms with E-state index >= 15 is 0 Å². The van der Waals surface area contributed by atoms with Crippen molar-refractivity contribution >= 4 is 34.5 Å². The van der Waals surface area contributed by atoms with Gasteiger partial charge < -0.3 is 21.8 Å². The molecule has 0 spiro atoms. The predicted octanol–water partition coefficient (Wildman–Crippen LogP) is 1.68. The van der Waals surface area contributed by atoms with Gasteiger partial charge in [-0.2, -0.15) is 5.10 Å². The van der Waals surface area contributed by atoms with E-state index in [0.717, 1.165) is 28.6 Å². The molecule has 1 aliphatic rings. The summed E-state index contributed by atoms with van der Waals surface area (Å²) < 4.78 is 3.20. The standard InChI is InChI=1S/C17H15N3O.C7H9N5O/c1-3-15-9-14-6-4-5-13(16(14)17(21)19-15)8-7-12-10-18-20(2)11-12;8-5-4(6(9)13)7-10-2-1-3-12(7)11-5/h4-6,9-11H,3H2,1-2H3,(H,19,21);1,3,10H,2H2,(H2,8,11)(H2,9,13). The zero-order chi connectivity index (χ0) is 24.2. The summed E-state index contributed by atoms with van der Waals surface area (Å²) >= 11 is 0. The van der Waals surface area contributed by atoms with Crippen molar-refractivity contribution in [1.82, 2.24) is 24.5 Å². The normalized spacial score (nSPS) is 11.6. The number of nitrogens with zero attached hydrogens (tertiary/aromatic N) is 4. The number of aromatic amines is 1. The molecule has 0 atom stereocenters. The molecule has 4 aromatic rings. The van der Waals surface area contributed by atoms with Crippen molar-refractivity contribution in [3.63, 3.8) is 0 Å². The summed E-state index contributed by atoms with van der Waals surface area (Å²) in [6.45, 7) is 2.66. The monoisotopic (exact) mass is 456 g/mol. The van der Waals surface area contributed by atoms with E-state index in [1.54, 1.807) is 17.1 Å². The maximum Gasteiger partial charge on any atom is 0.257 e. The Balaban J connectivity index is 0.000000180. The molecule has 1 amide bonds. The average Bonchev–Trinajstić information content (AvgIpc) is 3.39. The number of benzene rings is 1. The van der Waals surface area contributed by atoms with Crippen molar-refractivity contribution in [2.75, 3.05) is 17.6 Å². The molecule has 0 unspecified atom stereocenters. The number of nitrogens with two attached hydrogens (primary N) is 2. The highest BCUT2D eigenvalue weighted by atomic mass is 16.1. The summed E-state index contributed by atoms with van der Waals surface area (Å²) in [5.41, 5.74) is 13.3. The summed E-state index contributed by atoms with van der Waals surface area (Å²) in [6.07, 6.45) is 7.95. The first-order valence-corrected chi connectivity index (χ1v) is 10.6. The number of aromatic nitrogens is 5. The van der Waals surface area contributed by atoms with Gasteiger partial charge in [-0.15, -0.1) is 5.10 Å². The lowest BCUT2D eigenvalue weighted by Gasteiger charge is -2.09. The Hall–Kier alpha value is -4.78. The molecule has 0 aliphatic carbocycles. The Morgan fingerprint density at radius 2 is 2.12 bits per heavy atom. The Bertz CT molecular complexity index is 1530. The number of nitrogens with one attached hydrogen (secondary N) is 2. The second-order valence-electron chi connectivity index (χ2n) is 7.58. The maximum absolute atomic E-state index is 12.3. The van der Waals surface area contributed by atoms with Crippen LogP contribution in [0.15, 0.2) is 47.5 Å². The molecule has 34 heavy (non-hydrogen) atoms.